The topological polar surface area (TPSA) is 54.0 Å². The number of carbonyl (C=O) groups excluding carboxylic acids is 1. The van der Waals surface area contributed by atoms with Crippen LogP contribution < -0.4 is 10.6 Å². The molecule has 4 nitrogen and oxygen atoms in total. The number of hydrogen-bond donors (Lipinski definition) is 2. The van der Waals surface area contributed by atoms with E-state index in [4.69, 9.17) is 0 Å². The second-order valence-electron chi connectivity index (χ2n) is 6.60. The Labute approximate surface area is 186 Å². The molecule has 168 valence electrons. The lowest BCUT2D eigenvalue weighted by Crippen LogP contribution is -2.35. The van der Waals surface area contributed by atoms with Gasteiger partial charge in [-0.2, -0.15) is 26.3 Å². The van der Waals surface area contributed by atoms with Crippen LogP contribution in [-0.4, -0.2) is 11.0 Å². The van der Waals surface area contributed by atoms with Crippen molar-refractivity contribution in [1.29, 1.82) is 0 Å². The summed E-state index contributed by atoms with van der Waals surface area (Å²) in [5.41, 5.74) is -2.31. The molecule has 32 heavy (non-hydrogen) atoms. The third-order valence-electron chi connectivity index (χ3n) is 4.35. The summed E-state index contributed by atoms with van der Waals surface area (Å²) in [7, 11) is 0. The van der Waals surface area contributed by atoms with Gasteiger partial charge in [0.1, 0.15) is 0 Å². The van der Waals surface area contributed by atoms with Crippen molar-refractivity contribution in [2.45, 2.75) is 18.4 Å². The molecule has 1 atom stereocenters. The van der Waals surface area contributed by atoms with Gasteiger partial charge in [-0.15, -0.1) is 0 Å². The molecule has 0 radical (unpaired) electrons. The minimum atomic E-state index is -4.80. The molecule has 3 aromatic rings. The van der Waals surface area contributed by atoms with Gasteiger partial charge >= 0.3 is 18.4 Å². The van der Waals surface area contributed by atoms with Crippen LogP contribution in [0.4, 0.5) is 36.8 Å². The predicted molar refractivity (Wildman–Crippen MR) is 109 cm³/mol. The number of carbonyl (C=O) groups is 1. The van der Waals surface area contributed by atoms with Crippen LogP contribution in [-0.2, 0) is 12.4 Å². The first-order valence-corrected chi connectivity index (χ1v) is 9.77. The van der Waals surface area contributed by atoms with Gasteiger partial charge in [0.25, 0.3) is 0 Å². The van der Waals surface area contributed by atoms with Gasteiger partial charge in [-0.3, -0.25) is 4.98 Å². The van der Waals surface area contributed by atoms with Crippen molar-refractivity contribution in [3.8, 4) is 0 Å². The maximum atomic E-state index is 13.6. The second-order valence-corrected chi connectivity index (χ2v) is 7.51. The molecule has 1 aromatic heterocycles. The van der Waals surface area contributed by atoms with E-state index in [1.54, 1.807) is 24.3 Å². The Hall–Kier alpha value is -3.08. The predicted octanol–water partition coefficient (Wildman–Crippen LogP) is 6.79. The molecule has 2 N–H and O–H groups in total. The van der Waals surface area contributed by atoms with E-state index >= 15 is 0 Å². The van der Waals surface area contributed by atoms with Gasteiger partial charge in [0.15, 0.2) is 0 Å². The summed E-state index contributed by atoms with van der Waals surface area (Å²) < 4.78 is 80.0. The molecule has 0 spiro atoms. The van der Waals surface area contributed by atoms with E-state index in [0.29, 0.717) is 10.2 Å². The van der Waals surface area contributed by atoms with Crippen molar-refractivity contribution in [2.75, 3.05) is 5.32 Å². The summed E-state index contributed by atoms with van der Waals surface area (Å²) >= 11 is 3.23. The van der Waals surface area contributed by atoms with Crippen molar-refractivity contribution < 1.29 is 31.1 Å². The highest BCUT2D eigenvalue weighted by molar-refractivity contribution is 9.10. The molecule has 0 saturated carbocycles. The number of halogens is 7. The molecule has 0 aliphatic carbocycles. The molecule has 3 rings (SSSR count). The van der Waals surface area contributed by atoms with Crippen LogP contribution in [0.3, 0.4) is 0 Å². The fourth-order valence-electron chi connectivity index (χ4n) is 2.93. The Kier molecular flexibility index (Phi) is 6.77. The zero-order valence-corrected chi connectivity index (χ0v) is 17.5. The number of aromatic nitrogens is 1. The number of rotatable bonds is 4. The van der Waals surface area contributed by atoms with E-state index in [1.165, 1.54) is 0 Å². The van der Waals surface area contributed by atoms with Gasteiger partial charge in [0, 0.05) is 16.4 Å². The molecule has 0 unspecified atom stereocenters. The maximum Gasteiger partial charge on any atom is 0.418 e. The Morgan fingerprint density at radius 2 is 1.59 bits per heavy atom. The first kappa shape index (κ1) is 23.6. The van der Waals surface area contributed by atoms with Crippen LogP contribution in [0.1, 0.15) is 28.4 Å². The van der Waals surface area contributed by atoms with Gasteiger partial charge in [-0.1, -0.05) is 34.1 Å². The summed E-state index contributed by atoms with van der Waals surface area (Å²) in [6, 6.07) is 9.45. The highest BCUT2D eigenvalue weighted by Gasteiger charge is 2.37. The smallest absolute Gasteiger partial charge is 0.325 e. The van der Waals surface area contributed by atoms with Gasteiger partial charge in [0.2, 0.25) is 0 Å². The average molecular weight is 518 g/mol. The summed E-state index contributed by atoms with van der Waals surface area (Å²) in [5.74, 6) is 0. The number of anilines is 1. The van der Waals surface area contributed by atoms with Crippen molar-refractivity contribution >= 4 is 27.6 Å². The minimum absolute atomic E-state index is 0.00778. The Balaban J connectivity index is 1.99. The van der Waals surface area contributed by atoms with Gasteiger partial charge < -0.3 is 10.6 Å². The lowest BCUT2D eigenvalue weighted by molar-refractivity contribution is -0.139. The summed E-state index contributed by atoms with van der Waals surface area (Å²) in [4.78, 5) is 16.3. The molecule has 2 amide bonds. The molecule has 0 aliphatic rings. The first-order valence-electron chi connectivity index (χ1n) is 8.97. The highest BCUT2D eigenvalue weighted by atomic mass is 79.9. The number of pyridine rings is 1. The van der Waals surface area contributed by atoms with E-state index in [2.05, 4.69) is 31.5 Å². The number of nitrogens with one attached hydrogen (secondary N) is 2. The zero-order valence-electron chi connectivity index (χ0n) is 15.9. The van der Waals surface area contributed by atoms with Crippen molar-refractivity contribution in [3.05, 3.63) is 93.7 Å². The summed E-state index contributed by atoms with van der Waals surface area (Å²) in [6.45, 7) is 0. The van der Waals surface area contributed by atoms with Gasteiger partial charge in [0.05, 0.1) is 22.9 Å². The molecule has 1 heterocycles. The van der Waals surface area contributed by atoms with Crippen molar-refractivity contribution in [3.63, 3.8) is 0 Å². The molecule has 11 heteroatoms. The van der Waals surface area contributed by atoms with Crippen LogP contribution in [0.25, 0.3) is 0 Å². The quantitative estimate of drug-likeness (QED) is 0.374. The summed E-state index contributed by atoms with van der Waals surface area (Å²) in [6.07, 6.45) is -8.31. The zero-order chi connectivity index (χ0) is 23.5. The SMILES string of the molecule is O=C(Nc1cccc(Br)c1)N[C@@H](c1ccc(C(F)(F)F)cc1)c1ncccc1C(F)(F)F. The maximum absolute atomic E-state index is 13.6. The molecular weight excluding hydrogens is 504 g/mol. The minimum Gasteiger partial charge on any atom is -0.325 e. The third-order valence-corrected chi connectivity index (χ3v) is 4.84. The first-order chi connectivity index (χ1) is 14.9. The number of amides is 2. The van der Waals surface area contributed by atoms with Gasteiger partial charge in [-0.25, -0.2) is 4.79 Å². The van der Waals surface area contributed by atoms with Crippen LogP contribution >= 0.6 is 15.9 Å². The highest BCUT2D eigenvalue weighted by Crippen LogP contribution is 2.36. The number of alkyl halides is 6. The molecule has 2 aromatic carbocycles. The standard InChI is InChI=1S/C21H14BrF6N3O/c22-14-3-1-4-15(11-14)30-19(32)31-17(12-6-8-13(9-7-12)20(23,24)25)18-16(21(26,27)28)5-2-10-29-18/h1-11,17H,(H2,30,31,32)/t17-/m0/s1. The third kappa shape index (κ3) is 5.78. The number of benzene rings is 2. The van der Waals surface area contributed by atoms with E-state index in [0.717, 1.165) is 42.6 Å². The fourth-order valence-corrected chi connectivity index (χ4v) is 3.33. The van der Waals surface area contributed by atoms with Crippen LogP contribution in [0.15, 0.2) is 71.3 Å². The van der Waals surface area contributed by atoms with Crippen LogP contribution in [0, 0.1) is 0 Å². The molecule has 0 aliphatic heterocycles. The summed E-state index contributed by atoms with van der Waals surface area (Å²) in [5, 5.41) is 4.86. The number of nitrogens with zero attached hydrogens (tertiary/aromatic N) is 1. The average Bonchev–Trinajstić information content (AvgIpc) is 2.71. The Morgan fingerprint density at radius 1 is 0.906 bits per heavy atom. The molecule has 0 fully saturated rings. The Morgan fingerprint density at radius 3 is 2.19 bits per heavy atom. The van der Waals surface area contributed by atoms with Gasteiger partial charge in [-0.05, 0) is 48.0 Å². The molecule has 0 bridgehead atoms. The van der Waals surface area contributed by atoms with E-state index in [-0.39, 0.29) is 5.56 Å². The number of hydrogen-bond acceptors (Lipinski definition) is 2. The normalized spacial score (nSPS) is 12.8. The lowest BCUT2D eigenvalue weighted by atomic mass is 9.98. The van der Waals surface area contributed by atoms with Crippen LogP contribution in [0.5, 0.6) is 0 Å². The van der Waals surface area contributed by atoms with Crippen LogP contribution in [0.2, 0.25) is 0 Å². The number of urea groups is 1. The van der Waals surface area contributed by atoms with E-state index < -0.39 is 41.2 Å². The van der Waals surface area contributed by atoms with Crippen molar-refractivity contribution in [1.82, 2.24) is 10.3 Å². The largest absolute Gasteiger partial charge is 0.418 e. The lowest BCUT2D eigenvalue weighted by Gasteiger charge is -2.23. The fraction of sp³-hybridized carbons (Fsp3) is 0.143. The van der Waals surface area contributed by atoms with E-state index in [9.17, 15) is 31.1 Å². The Bertz CT molecular complexity index is 1100. The molecule has 0 saturated heterocycles. The van der Waals surface area contributed by atoms with Crippen molar-refractivity contribution in [2.24, 2.45) is 0 Å². The monoisotopic (exact) mass is 517 g/mol. The molecular formula is C21H14BrF6N3O. The van der Waals surface area contributed by atoms with E-state index in [1.807, 2.05) is 0 Å². The second kappa shape index (κ2) is 9.19.